The van der Waals surface area contributed by atoms with E-state index in [9.17, 15) is 4.79 Å². The summed E-state index contributed by atoms with van der Waals surface area (Å²) in [6, 6.07) is 8.44. The number of allylic oxidation sites excluding steroid dienone is 1. The fourth-order valence-electron chi connectivity index (χ4n) is 1.78. The minimum absolute atomic E-state index is 0.187. The molecule has 0 saturated heterocycles. The highest BCUT2D eigenvalue weighted by Crippen LogP contribution is 2.30. The van der Waals surface area contributed by atoms with Crippen LogP contribution in [0.4, 0.5) is 0 Å². The van der Waals surface area contributed by atoms with Crippen LogP contribution in [0.5, 0.6) is 0 Å². The third kappa shape index (κ3) is 3.29. The monoisotopic (exact) mass is 228 g/mol. The fourth-order valence-corrected chi connectivity index (χ4v) is 1.78. The van der Waals surface area contributed by atoms with Crippen LogP contribution in [-0.2, 0) is 10.2 Å². The Morgan fingerprint density at radius 2 is 1.76 bits per heavy atom. The van der Waals surface area contributed by atoms with Crippen LogP contribution in [0.3, 0.4) is 0 Å². The number of hydrogen-bond donors (Lipinski definition) is 0. The van der Waals surface area contributed by atoms with Gasteiger partial charge in [0.1, 0.15) is 0 Å². The van der Waals surface area contributed by atoms with Gasteiger partial charge in [-0.15, -0.1) is 0 Å². The highest BCUT2D eigenvalue weighted by molar-refractivity contribution is 5.96. The van der Waals surface area contributed by atoms with Crippen molar-refractivity contribution in [2.24, 2.45) is 5.92 Å². The molecule has 1 fully saturated rings. The highest BCUT2D eigenvalue weighted by Gasteiger charge is 2.27. The molecule has 0 atom stereocenters. The Kier molecular flexibility index (Phi) is 3.19. The number of hydrogen-bond acceptors (Lipinski definition) is 1. The Balaban J connectivity index is 2.05. The van der Waals surface area contributed by atoms with Gasteiger partial charge in [0.05, 0.1) is 0 Å². The smallest absolute Gasteiger partial charge is 0.158 e. The Morgan fingerprint density at radius 3 is 2.24 bits per heavy atom. The molecule has 17 heavy (non-hydrogen) atoms. The first kappa shape index (κ1) is 12.1. The van der Waals surface area contributed by atoms with E-state index in [0.29, 0.717) is 5.92 Å². The number of ketones is 1. The van der Waals surface area contributed by atoms with Gasteiger partial charge in [0, 0.05) is 5.92 Å². The van der Waals surface area contributed by atoms with E-state index in [1.54, 1.807) is 6.08 Å². The molecule has 0 unspecified atom stereocenters. The van der Waals surface area contributed by atoms with Crippen LogP contribution >= 0.6 is 0 Å². The molecule has 1 saturated carbocycles. The van der Waals surface area contributed by atoms with E-state index in [1.807, 2.05) is 6.08 Å². The van der Waals surface area contributed by atoms with Crippen LogP contribution in [0.2, 0.25) is 0 Å². The first-order valence-electron chi connectivity index (χ1n) is 6.29. The lowest BCUT2D eigenvalue weighted by Crippen LogP contribution is -2.10. The summed E-state index contributed by atoms with van der Waals surface area (Å²) in [6.07, 6.45) is 5.80. The van der Waals surface area contributed by atoms with Gasteiger partial charge in [-0.25, -0.2) is 0 Å². The Labute approximate surface area is 104 Å². The summed E-state index contributed by atoms with van der Waals surface area (Å²) < 4.78 is 0. The molecule has 0 radical (unpaired) electrons. The van der Waals surface area contributed by atoms with Gasteiger partial charge in [0.15, 0.2) is 5.78 Å². The maximum Gasteiger partial charge on any atom is 0.158 e. The molecule has 1 aromatic rings. The van der Waals surface area contributed by atoms with E-state index in [-0.39, 0.29) is 11.2 Å². The summed E-state index contributed by atoms with van der Waals surface area (Å²) in [6.45, 7) is 6.61. The topological polar surface area (TPSA) is 17.1 Å². The molecule has 1 heteroatoms. The van der Waals surface area contributed by atoms with E-state index >= 15 is 0 Å². The van der Waals surface area contributed by atoms with E-state index in [1.165, 1.54) is 5.56 Å². The second kappa shape index (κ2) is 4.48. The number of benzene rings is 1. The fraction of sp³-hybridized carbons (Fsp3) is 0.438. The molecule has 1 aromatic carbocycles. The van der Waals surface area contributed by atoms with Crippen molar-refractivity contribution >= 4 is 11.9 Å². The SMILES string of the molecule is CC(C)(C)c1ccc(/C=C/C(=O)C2CC2)cc1. The summed E-state index contributed by atoms with van der Waals surface area (Å²) >= 11 is 0. The quantitative estimate of drug-likeness (QED) is 0.715. The van der Waals surface area contributed by atoms with Crippen molar-refractivity contribution < 1.29 is 4.79 Å². The van der Waals surface area contributed by atoms with Crippen LogP contribution in [-0.4, -0.2) is 5.78 Å². The average Bonchev–Trinajstić information content (AvgIpc) is 3.09. The third-order valence-electron chi connectivity index (χ3n) is 3.20. The number of carbonyl (C=O) groups is 1. The lowest BCUT2D eigenvalue weighted by atomic mass is 9.87. The van der Waals surface area contributed by atoms with Gasteiger partial charge in [-0.2, -0.15) is 0 Å². The van der Waals surface area contributed by atoms with Crippen LogP contribution in [0, 0.1) is 5.92 Å². The molecule has 0 bridgehead atoms. The first-order valence-corrected chi connectivity index (χ1v) is 6.29. The molecular formula is C16H20O. The summed E-state index contributed by atoms with van der Waals surface area (Å²) in [5, 5.41) is 0. The average molecular weight is 228 g/mol. The second-order valence-corrected chi connectivity index (χ2v) is 5.88. The van der Waals surface area contributed by atoms with Crippen molar-refractivity contribution in [1.82, 2.24) is 0 Å². The minimum Gasteiger partial charge on any atom is -0.295 e. The van der Waals surface area contributed by atoms with Crippen molar-refractivity contribution in [3.8, 4) is 0 Å². The number of rotatable bonds is 3. The van der Waals surface area contributed by atoms with Crippen molar-refractivity contribution in [2.45, 2.75) is 39.0 Å². The largest absolute Gasteiger partial charge is 0.295 e. The number of carbonyl (C=O) groups excluding carboxylic acids is 1. The van der Waals surface area contributed by atoms with Crippen molar-refractivity contribution in [2.75, 3.05) is 0 Å². The van der Waals surface area contributed by atoms with Gasteiger partial charge < -0.3 is 0 Å². The molecule has 0 spiro atoms. The van der Waals surface area contributed by atoms with Crippen LogP contribution in [0.1, 0.15) is 44.7 Å². The van der Waals surface area contributed by atoms with E-state index in [2.05, 4.69) is 45.0 Å². The molecule has 0 amide bonds. The molecule has 0 heterocycles. The van der Waals surface area contributed by atoms with Gasteiger partial charge in [0.2, 0.25) is 0 Å². The van der Waals surface area contributed by atoms with Gasteiger partial charge >= 0.3 is 0 Å². The molecule has 1 nitrogen and oxygen atoms in total. The minimum atomic E-state index is 0.187. The maximum atomic E-state index is 11.5. The van der Waals surface area contributed by atoms with Crippen molar-refractivity contribution in [3.63, 3.8) is 0 Å². The zero-order valence-electron chi connectivity index (χ0n) is 10.9. The molecular weight excluding hydrogens is 208 g/mol. The third-order valence-corrected chi connectivity index (χ3v) is 3.20. The lowest BCUT2D eigenvalue weighted by molar-refractivity contribution is -0.115. The molecule has 2 rings (SSSR count). The Morgan fingerprint density at radius 1 is 1.18 bits per heavy atom. The van der Waals surface area contributed by atoms with E-state index in [0.717, 1.165) is 18.4 Å². The van der Waals surface area contributed by atoms with Crippen LogP contribution in [0.25, 0.3) is 6.08 Å². The molecule has 0 aromatic heterocycles. The zero-order valence-corrected chi connectivity index (χ0v) is 10.9. The van der Waals surface area contributed by atoms with Gasteiger partial charge in [-0.3, -0.25) is 4.79 Å². The van der Waals surface area contributed by atoms with Crippen LogP contribution in [0.15, 0.2) is 30.3 Å². The molecule has 0 aliphatic heterocycles. The Bertz CT molecular complexity index is 428. The van der Waals surface area contributed by atoms with Gasteiger partial charge in [-0.1, -0.05) is 51.1 Å². The molecule has 1 aliphatic rings. The summed E-state index contributed by atoms with van der Waals surface area (Å²) in [5.74, 6) is 0.602. The van der Waals surface area contributed by atoms with Gasteiger partial charge in [-0.05, 0) is 35.5 Å². The highest BCUT2D eigenvalue weighted by atomic mass is 16.1. The Hall–Kier alpha value is -1.37. The molecule has 0 N–H and O–H groups in total. The summed E-state index contributed by atoms with van der Waals surface area (Å²) in [7, 11) is 0. The molecule has 90 valence electrons. The van der Waals surface area contributed by atoms with Crippen molar-refractivity contribution in [3.05, 3.63) is 41.5 Å². The predicted molar refractivity (Wildman–Crippen MR) is 71.9 cm³/mol. The second-order valence-electron chi connectivity index (χ2n) is 5.88. The van der Waals surface area contributed by atoms with E-state index < -0.39 is 0 Å². The predicted octanol–water partition coefficient (Wildman–Crippen LogP) is 3.98. The maximum absolute atomic E-state index is 11.5. The van der Waals surface area contributed by atoms with Crippen LogP contribution < -0.4 is 0 Å². The van der Waals surface area contributed by atoms with E-state index in [4.69, 9.17) is 0 Å². The summed E-state index contributed by atoms with van der Waals surface area (Å²) in [5.41, 5.74) is 2.61. The summed E-state index contributed by atoms with van der Waals surface area (Å²) in [4.78, 5) is 11.5. The zero-order chi connectivity index (χ0) is 12.5. The molecule has 1 aliphatic carbocycles. The normalized spacial score (nSPS) is 16.4. The standard InChI is InChI=1S/C16H20O/c1-16(2,3)14-9-4-12(5-10-14)6-11-15(17)13-7-8-13/h4-6,9-11,13H,7-8H2,1-3H3/b11-6+. The first-order chi connectivity index (χ1) is 7.97. The van der Waals surface area contributed by atoms with Crippen molar-refractivity contribution in [1.29, 1.82) is 0 Å². The van der Waals surface area contributed by atoms with Gasteiger partial charge in [0.25, 0.3) is 0 Å². The lowest BCUT2D eigenvalue weighted by Gasteiger charge is -2.18.